The molecule has 1 atom stereocenters. The molecule has 0 radical (unpaired) electrons. The molecular formula is C18H26ClN5O. The Balaban J connectivity index is 2.34. The summed E-state index contributed by atoms with van der Waals surface area (Å²) in [6.45, 7) is 10.3. The number of pyridine rings is 1. The van der Waals surface area contributed by atoms with Gasteiger partial charge in [-0.2, -0.15) is 5.10 Å². The summed E-state index contributed by atoms with van der Waals surface area (Å²) in [7, 11) is 0. The van der Waals surface area contributed by atoms with Crippen molar-refractivity contribution in [3.8, 4) is 5.82 Å². The van der Waals surface area contributed by atoms with Gasteiger partial charge in [0.25, 0.3) is 5.91 Å². The molecule has 6 nitrogen and oxygen atoms in total. The van der Waals surface area contributed by atoms with Crippen LogP contribution in [0.15, 0.2) is 18.2 Å². The summed E-state index contributed by atoms with van der Waals surface area (Å²) < 4.78 is 1.69. The molecule has 2 heterocycles. The zero-order valence-electron chi connectivity index (χ0n) is 15.4. The minimum absolute atomic E-state index is 0.176. The Labute approximate surface area is 153 Å². The fourth-order valence-electron chi connectivity index (χ4n) is 2.99. The highest BCUT2D eigenvalue weighted by molar-refractivity contribution is 6.33. The molecule has 0 saturated carbocycles. The third kappa shape index (κ3) is 4.58. The average Bonchev–Trinajstić information content (AvgIpc) is 2.85. The largest absolute Gasteiger partial charge is 0.344 e. The monoisotopic (exact) mass is 363 g/mol. The van der Waals surface area contributed by atoms with Crippen LogP contribution in [0.2, 0.25) is 5.02 Å². The molecule has 25 heavy (non-hydrogen) atoms. The summed E-state index contributed by atoms with van der Waals surface area (Å²) in [5.74, 6) is 0.624. The second-order valence-electron chi connectivity index (χ2n) is 7.16. The van der Waals surface area contributed by atoms with Crippen LogP contribution in [0.3, 0.4) is 0 Å². The summed E-state index contributed by atoms with van der Waals surface area (Å²) in [5, 5.41) is 7.69. The van der Waals surface area contributed by atoms with Crippen LogP contribution in [0, 0.1) is 19.8 Å². The molecule has 0 aliphatic heterocycles. The topological polar surface area (TPSA) is 85.8 Å². The molecule has 0 aromatic carbocycles. The van der Waals surface area contributed by atoms with Crippen molar-refractivity contribution in [2.75, 3.05) is 6.54 Å². The molecule has 0 aliphatic carbocycles. The van der Waals surface area contributed by atoms with Gasteiger partial charge in [-0.1, -0.05) is 25.4 Å². The van der Waals surface area contributed by atoms with Crippen LogP contribution in [0.1, 0.15) is 49.1 Å². The Morgan fingerprint density at radius 2 is 2.08 bits per heavy atom. The fourth-order valence-corrected chi connectivity index (χ4v) is 3.18. The predicted molar refractivity (Wildman–Crippen MR) is 100 cm³/mol. The maximum absolute atomic E-state index is 12.8. The minimum atomic E-state index is -0.509. The van der Waals surface area contributed by atoms with Crippen LogP contribution in [0.5, 0.6) is 0 Å². The second-order valence-corrected chi connectivity index (χ2v) is 7.56. The summed E-state index contributed by atoms with van der Waals surface area (Å²) in [4.78, 5) is 17.2. The van der Waals surface area contributed by atoms with Crippen molar-refractivity contribution in [3.05, 3.63) is 40.3 Å². The van der Waals surface area contributed by atoms with E-state index in [-0.39, 0.29) is 11.6 Å². The van der Waals surface area contributed by atoms with E-state index in [0.717, 1.165) is 17.8 Å². The molecule has 7 heteroatoms. The van der Waals surface area contributed by atoms with Crippen LogP contribution < -0.4 is 11.1 Å². The molecule has 2 aromatic heterocycles. The highest BCUT2D eigenvalue weighted by Gasteiger charge is 2.28. The van der Waals surface area contributed by atoms with E-state index in [2.05, 4.69) is 29.2 Å². The molecule has 2 aromatic rings. The number of nitrogens with one attached hydrogen (secondary N) is 1. The first-order chi connectivity index (χ1) is 11.6. The van der Waals surface area contributed by atoms with Crippen LogP contribution >= 0.6 is 11.6 Å². The first-order valence-electron chi connectivity index (χ1n) is 8.38. The minimum Gasteiger partial charge on any atom is -0.344 e. The van der Waals surface area contributed by atoms with Crippen molar-refractivity contribution in [2.45, 2.75) is 46.6 Å². The van der Waals surface area contributed by atoms with Gasteiger partial charge < -0.3 is 11.1 Å². The molecule has 0 aliphatic rings. The van der Waals surface area contributed by atoms with Gasteiger partial charge in [0.15, 0.2) is 5.82 Å². The van der Waals surface area contributed by atoms with E-state index in [9.17, 15) is 4.79 Å². The van der Waals surface area contributed by atoms with Crippen LogP contribution in [0.25, 0.3) is 5.82 Å². The Bertz CT molecular complexity index is 771. The van der Waals surface area contributed by atoms with E-state index >= 15 is 0 Å². The lowest BCUT2D eigenvalue weighted by atomic mass is 9.90. The lowest BCUT2D eigenvalue weighted by Gasteiger charge is -2.31. The van der Waals surface area contributed by atoms with Crippen LogP contribution in [0.4, 0.5) is 0 Å². The van der Waals surface area contributed by atoms with Gasteiger partial charge in [-0.3, -0.25) is 4.79 Å². The van der Waals surface area contributed by atoms with E-state index in [0.29, 0.717) is 23.3 Å². The average molecular weight is 364 g/mol. The number of nitrogens with two attached hydrogens (primary N) is 1. The van der Waals surface area contributed by atoms with Gasteiger partial charge in [-0.25, -0.2) is 9.67 Å². The van der Waals surface area contributed by atoms with Crippen LogP contribution in [-0.2, 0) is 0 Å². The van der Waals surface area contributed by atoms with Gasteiger partial charge in [-0.15, -0.1) is 0 Å². The molecular weight excluding hydrogens is 338 g/mol. The molecule has 0 saturated heterocycles. The smallest absolute Gasteiger partial charge is 0.271 e. The third-order valence-electron chi connectivity index (χ3n) is 4.00. The van der Waals surface area contributed by atoms with Crippen molar-refractivity contribution >= 4 is 17.5 Å². The standard InChI is InChI=1S/C18H26ClN5O/c1-11(2)9-18(5,10-20)22-17(25)16-14(19)6-7-15(21-16)24-13(4)8-12(3)23-24/h6-8,11H,9-10,20H2,1-5H3,(H,22,25). The molecule has 1 unspecified atom stereocenters. The number of hydrogen-bond acceptors (Lipinski definition) is 4. The molecule has 136 valence electrons. The van der Waals surface area contributed by atoms with Gasteiger partial charge in [0.05, 0.1) is 16.3 Å². The molecule has 1 amide bonds. The zero-order valence-corrected chi connectivity index (χ0v) is 16.2. The van der Waals surface area contributed by atoms with Gasteiger partial charge in [0.1, 0.15) is 5.69 Å². The normalized spacial score (nSPS) is 13.8. The predicted octanol–water partition coefficient (Wildman–Crippen LogP) is 3.03. The van der Waals surface area contributed by atoms with Gasteiger partial charge in [0.2, 0.25) is 0 Å². The number of amides is 1. The van der Waals surface area contributed by atoms with E-state index in [4.69, 9.17) is 17.3 Å². The van der Waals surface area contributed by atoms with Crippen molar-refractivity contribution in [3.63, 3.8) is 0 Å². The van der Waals surface area contributed by atoms with E-state index in [1.54, 1.807) is 16.8 Å². The van der Waals surface area contributed by atoms with E-state index in [1.807, 2.05) is 26.8 Å². The summed E-state index contributed by atoms with van der Waals surface area (Å²) in [6, 6.07) is 5.36. The summed E-state index contributed by atoms with van der Waals surface area (Å²) in [6.07, 6.45) is 0.768. The Kier molecular flexibility index (Phi) is 5.85. The second kappa shape index (κ2) is 7.54. The Morgan fingerprint density at radius 3 is 2.60 bits per heavy atom. The van der Waals surface area contributed by atoms with Crippen molar-refractivity contribution in [2.24, 2.45) is 11.7 Å². The number of aromatic nitrogens is 3. The maximum atomic E-state index is 12.8. The number of rotatable bonds is 6. The zero-order chi connectivity index (χ0) is 18.8. The summed E-state index contributed by atoms with van der Waals surface area (Å²) in [5.41, 5.74) is 7.37. The SMILES string of the molecule is Cc1cc(C)n(-c2ccc(Cl)c(C(=O)NC(C)(CN)CC(C)C)n2)n1. The Morgan fingerprint density at radius 1 is 1.40 bits per heavy atom. The van der Waals surface area contributed by atoms with Crippen LogP contribution in [-0.4, -0.2) is 32.8 Å². The van der Waals surface area contributed by atoms with E-state index < -0.39 is 5.54 Å². The number of carbonyl (C=O) groups is 1. The van der Waals surface area contributed by atoms with Crippen molar-refractivity contribution in [1.29, 1.82) is 0 Å². The summed E-state index contributed by atoms with van der Waals surface area (Å²) >= 11 is 6.22. The number of nitrogens with zero attached hydrogens (tertiary/aromatic N) is 3. The number of carbonyl (C=O) groups excluding carboxylic acids is 1. The van der Waals surface area contributed by atoms with Gasteiger partial charge in [-0.05, 0) is 51.3 Å². The van der Waals surface area contributed by atoms with Gasteiger partial charge >= 0.3 is 0 Å². The highest BCUT2D eigenvalue weighted by Crippen LogP contribution is 2.20. The fraction of sp³-hybridized carbons (Fsp3) is 0.500. The Hall–Kier alpha value is -1.92. The molecule has 2 rings (SSSR count). The first-order valence-corrected chi connectivity index (χ1v) is 8.76. The molecule has 0 bridgehead atoms. The molecule has 3 N–H and O–H groups in total. The number of hydrogen-bond donors (Lipinski definition) is 2. The highest BCUT2D eigenvalue weighted by atomic mass is 35.5. The lowest BCUT2D eigenvalue weighted by molar-refractivity contribution is 0.0893. The number of halogens is 1. The maximum Gasteiger partial charge on any atom is 0.271 e. The molecule has 0 spiro atoms. The third-order valence-corrected chi connectivity index (χ3v) is 4.30. The first kappa shape index (κ1) is 19.4. The lowest BCUT2D eigenvalue weighted by Crippen LogP contribution is -2.52. The number of aryl methyl sites for hydroxylation is 2. The quantitative estimate of drug-likeness (QED) is 0.825. The molecule has 0 fully saturated rings. The van der Waals surface area contributed by atoms with Gasteiger partial charge in [0, 0.05) is 12.2 Å². The van der Waals surface area contributed by atoms with Crippen molar-refractivity contribution < 1.29 is 4.79 Å². The van der Waals surface area contributed by atoms with Crippen molar-refractivity contribution in [1.82, 2.24) is 20.1 Å². The van der Waals surface area contributed by atoms with E-state index in [1.165, 1.54) is 0 Å².